The average Bonchev–Trinajstić information content (AvgIpc) is 1.99. The molecule has 1 atom stereocenters. The number of hydrogen-bond donors (Lipinski definition) is 1. The van der Waals surface area contributed by atoms with Crippen LogP contribution in [0.1, 0.15) is 27.7 Å². The number of esters is 1. The van der Waals surface area contributed by atoms with E-state index in [1.54, 1.807) is 20.8 Å². The number of ether oxygens (including phenoxy) is 1. The molecule has 13 heavy (non-hydrogen) atoms. The van der Waals surface area contributed by atoms with Gasteiger partial charge in [-0.15, -0.1) is 0 Å². The van der Waals surface area contributed by atoms with Gasteiger partial charge in [-0.05, 0) is 20.8 Å². The van der Waals surface area contributed by atoms with Gasteiger partial charge in [0.15, 0.2) is 0 Å². The minimum atomic E-state index is -0.571. The summed E-state index contributed by atoms with van der Waals surface area (Å²) in [4.78, 5) is 22.0. The van der Waals surface area contributed by atoms with Crippen LogP contribution in [0.2, 0.25) is 0 Å². The molecule has 0 saturated heterocycles. The van der Waals surface area contributed by atoms with Gasteiger partial charge >= 0.3 is 5.97 Å². The molecule has 0 saturated carbocycles. The molecule has 4 nitrogen and oxygen atoms in total. The number of carbonyl (C=O) groups excluding carboxylic acids is 2. The van der Waals surface area contributed by atoms with Crippen molar-refractivity contribution in [1.82, 2.24) is 5.32 Å². The van der Waals surface area contributed by atoms with Crippen LogP contribution in [-0.2, 0) is 14.3 Å². The monoisotopic (exact) mass is 187 g/mol. The zero-order valence-electron chi connectivity index (χ0n) is 8.80. The topological polar surface area (TPSA) is 55.4 Å². The van der Waals surface area contributed by atoms with Gasteiger partial charge < -0.3 is 10.1 Å². The van der Waals surface area contributed by atoms with Crippen LogP contribution >= 0.6 is 0 Å². The first kappa shape index (κ1) is 11.9. The molecule has 0 bridgehead atoms. The molecular formula is C9H17NO3. The number of hydrogen-bond acceptors (Lipinski definition) is 3. The lowest BCUT2D eigenvalue weighted by molar-refractivity contribution is -0.147. The zero-order chi connectivity index (χ0) is 10.6. The molecule has 0 aromatic rings. The lowest BCUT2D eigenvalue weighted by atomic mass is 9.89. The first-order valence-electron chi connectivity index (χ1n) is 4.18. The van der Waals surface area contributed by atoms with Crippen molar-refractivity contribution in [2.75, 3.05) is 7.11 Å². The van der Waals surface area contributed by atoms with E-state index in [0.717, 1.165) is 0 Å². The summed E-state index contributed by atoms with van der Waals surface area (Å²) < 4.78 is 4.59. The highest BCUT2D eigenvalue weighted by Crippen LogP contribution is 2.17. The molecule has 76 valence electrons. The number of rotatable bonds is 3. The minimum absolute atomic E-state index is 0.152. The van der Waals surface area contributed by atoms with Crippen LogP contribution in [0.4, 0.5) is 0 Å². The van der Waals surface area contributed by atoms with Gasteiger partial charge in [0.1, 0.15) is 0 Å². The molecule has 0 radical (unpaired) electrons. The molecule has 0 spiro atoms. The zero-order valence-corrected chi connectivity index (χ0v) is 8.80. The lowest BCUT2D eigenvalue weighted by Crippen LogP contribution is -2.50. The van der Waals surface area contributed by atoms with Crippen molar-refractivity contribution in [3.8, 4) is 0 Å². The van der Waals surface area contributed by atoms with Crippen LogP contribution in [0, 0.1) is 5.92 Å². The van der Waals surface area contributed by atoms with E-state index in [0.29, 0.717) is 0 Å². The summed E-state index contributed by atoms with van der Waals surface area (Å²) in [5.41, 5.74) is -0.571. The maximum absolute atomic E-state index is 11.2. The number of methoxy groups -OCH3 is 1. The van der Waals surface area contributed by atoms with Gasteiger partial charge in [-0.2, -0.15) is 0 Å². The summed E-state index contributed by atoms with van der Waals surface area (Å²) in [6.45, 7) is 6.72. The third-order valence-corrected chi connectivity index (χ3v) is 2.14. The molecule has 0 aromatic heterocycles. The maximum atomic E-state index is 11.2. The Balaban J connectivity index is 4.43. The van der Waals surface area contributed by atoms with E-state index in [1.165, 1.54) is 14.0 Å². The molecular weight excluding hydrogens is 170 g/mol. The molecule has 1 N–H and O–H groups in total. The van der Waals surface area contributed by atoms with Crippen molar-refractivity contribution in [3.63, 3.8) is 0 Å². The molecule has 0 aliphatic heterocycles. The second-order valence-electron chi connectivity index (χ2n) is 3.65. The third kappa shape index (κ3) is 3.44. The van der Waals surface area contributed by atoms with Crippen molar-refractivity contribution >= 4 is 11.9 Å². The van der Waals surface area contributed by atoms with Gasteiger partial charge in [0.25, 0.3) is 0 Å². The Morgan fingerprint density at radius 1 is 1.38 bits per heavy atom. The minimum Gasteiger partial charge on any atom is -0.469 e. The van der Waals surface area contributed by atoms with Gasteiger partial charge in [-0.3, -0.25) is 9.59 Å². The SMILES string of the molecule is COC(=O)C(C)C(C)(C)NC(C)=O. The van der Waals surface area contributed by atoms with E-state index in [-0.39, 0.29) is 17.8 Å². The molecule has 0 heterocycles. The Morgan fingerprint density at radius 3 is 2.15 bits per heavy atom. The molecule has 0 aliphatic rings. The number of carbonyl (C=O) groups is 2. The standard InChI is InChI=1S/C9H17NO3/c1-6(8(12)13-5)9(3,4)10-7(2)11/h6H,1-5H3,(H,10,11). The Kier molecular flexibility index (Phi) is 3.91. The molecule has 0 fully saturated rings. The van der Waals surface area contributed by atoms with Crippen molar-refractivity contribution in [2.45, 2.75) is 33.2 Å². The molecule has 4 heteroatoms. The van der Waals surface area contributed by atoms with Gasteiger partial charge in [-0.25, -0.2) is 0 Å². The number of amides is 1. The highest BCUT2D eigenvalue weighted by atomic mass is 16.5. The van der Waals surface area contributed by atoms with Crippen molar-refractivity contribution in [3.05, 3.63) is 0 Å². The smallest absolute Gasteiger partial charge is 0.310 e. The Hall–Kier alpha value is -1.06. The van der Waals surface area contributed by atoms with E-state index in [4.69, 9.17) is 0 Å². The van der Waals surface area contributed by atoms with Crippen LogP contribution in [0.25, 0.3) is 0 Å². The summed E-state index contributed by atoms with van der Waals surface area (Å²) in [5.74, 6) is -0.832. The van der Waals surface area contributed by atoms with E-state index >= 15 is 0 Å². The van der Waals surface area contributed by atoms with E-state index < -0.39 is 5.54 Å². The van der Waals surface area contributed by atoms with Crippen LogP contribution < -0.4 is 5.32 Å². The Bertz CT molecular complexity index is 211. The molecule has 0 aliphatic carbocycles. The molecule has 0 rings (SSSR count). The Morgan fingerprint density at radius 2 is 1.85 bits per heavy atom. The van der Waals surface area contributed by atoms with Crippen LogP contribution in [0.5, 0.6) is 0 Å². The highest BCUT2D eigenvalue weighted by molar-refractivity contribution is 5.77. The predicted molar refractivity (Wildman–Crippen MR) is 49.1 cm³/mol. The fourth-order valence-electron chi connectivity index (χ4n) is 1.03. The predicted octanol–water partition coefficient (Wildman–Crippen LogP) is 0.710. The van der Waals surface area contributed by atoms with Crippen molar-refractivity contribution < 1.29 is 14.3 Å². The molecule has 0 aromatic carbocycles. The van der Waals surface area contributed by atoms with Gasteiger partial charge in [0.2, 0.25) is 5.91 Å². The summed E-state index contributed by atoms with van der Waals surface area (Å²) in [5, 5.41) is 2.69. The Labute approximate surface area is 78.6 Å². The molecule has 1 amide bonds. The second kappa shape index (κ2) is 4.25. The normalized spacial score (nSPS) is 13.3. The van der Waals surface area contributed by atoms with E-state index in [1.807, 2.05) is 0 Å². The largest absolute Gasteiger partial charge is 0.469 e. The first-order chi connectivity index (χ1) is 5.81. The van der Waals surface area contributed by atoms with Crippen molar-refractivity contribution in [2.24, 2.45) is 5.92 Å². The maximum Gasteiger partial charge on any atom is 0.310 e. The summed E-state index contributed by atoms with van der Waals surface area (Å²) >= 11 is 0. The van der Waals surface area contributed by atoms with Gasteiger partial charge in [0.05, 0.1) is 13.0 Å². The van der Waals surface area contributed by atoms with Crippen LogP contribution in [-0.4, -0.2) is 24.5 Å². The summed E-state index contributed by atoms with van der Waals surface area (Å²) in [6, 6.07) is 0. The van der Waals surface area contributed by atoms with Crippen molar-refractivity contribution in [1.29, 1.82) is 0 Å². The van der Waals surface area contributed by atoms with E-state index in [2.05, 4.69) is 10.1 Å². The van der Waals surface area contributed by atoms with Crippen LogP contribution in [0.3, 0.4) is 0 Å². The average molecular weight is 187 g/mol. The number of nitrogens with one attached hydrogen (secondary N) is 1. The van der Waals surface area contributed by atoms with E-state index in [9.17, 15) is 9.59 Å². The third-order valence-electron chi connectivity index (χ3n) is 2.14. The molecule has 1 unspecified atom stereocenters. The van der Waals surface area contributed by atoms with Crippen LogP contribution in [0.15, 0.2) is 0 Å². The lowest BCUT2D eigenvalue weighted by Gasteiger charge is -2.30. The fraction of sp³-hybridized carbons (Fsp3) is 0.778. The highest BCUT2D eigenvalue weighted by Gasteiger charge is 2.32. The quantitative estimate of drug-likeness (QED) is 0.662. The second-order valence-corrected chi connectivity index (χ2v) is 3.65. The van der Waals surface area contributed by atoms with Gasteiger partial charge in [-0.1, -0.05) is 0 Å². The summed E-state index contributed by atoms with van der Waals surface area (Å²) in [7, 11) is 1.34. The first-order valence-corrected chi connectivity index (χ1v) is 4.18. The summed E-state index contributed by atoms with van der Waals surface area (Å²) in [6.07, 6.45) is 0. The van der Waals surface area contributed by atoms with Gasteiger partial charge in [0, 0.05) is 12.5 Å². The fourth-order valence-corrected chi connectivity index (χ4v) is 1.03.